The Balaban J connectivity index is 1.58. The number of hydrogen-bond donors (Lipinski definition) is 2. The molecule has 0 bridgehead atoms. The Morgan fingerprint density at radius 3 is 2.00 bits per heavy atom. The molecular weight excluding hydrogens is 492 g/mol. The van der Waals surface area contributed by atoms with E-state index in [2.05, 4.69) is 10.6 Å². The number of nitrogens with one attached hydrogen (secondary N) is 2. The number of carbonyl (C=O) groups excluding carboxylic acids is 4. The summed E-state index contributed by atoms with van der Waals surface area (Å²) >= 11 is 1.46. The molecular formula is C28H28N2O6S. The van der Waals surface area contributed by atoms with Crippen molar-refractivity contribution in [3.05, 3.63) is 108 Å². The lowest BCUT2D eigenvalue weighted by atomic mass is 10.1. The predicted molar refractivity (Wildman–Crippen MR) is 141 cm³/mol. The zero-order valence-corrected chi connectivity index (χ0v) is 21.1. The van der Waals surface area contributed by atoms with Gasteiger partial charge in [-0.15, -0.1) is 0 Å². The second-order valence-electron chi connectivity index (χ2n) is 7.93. The van der Waals surface area contributed by atoms with Crippen molar-refractivity contribution in [2.24, 2.45) is 0 Å². The van der Waals surface area contributed by atoms with E-state index in [0.29, 0.717) is 16.9 Å². The fourth-order valence-corrected chi connectivity index (χ4v) is 4.36. The predicted octanol–water partition coefficient (Wildman–Crippen LogP) is 3.29. The third-order valence-electron chi connectivity index (χ3n) is 5.24. The molecule has 8 nitrogen and oxygen atoms in total. The number of rotatable bonds is 12. The molecule has 3 aromatic rings. The van der Waals surface area contributed by atoms with E-state index < -0.39 is 42.4 Å². The Morgan fingerprint density at radius 2 is 1.38 bits per heavy atom. The number of methoxy groups -OCH3 is 1. The van der Waals surface area contributed by atoms with Crippen molar-refractivity contribution in [2.45, 2.75) is 17.8 Å². The fourth-order valence-electron chi connectivity index (χ4n) is 3.36. The van der Waals surface area contributed by atoms with Gasteiger partial charge in [0.05, 0.1) is 7.11 Å². The Hall–Kier alpha value is -4.11. The molecule has 0 aliphatic rings. The van der Waals surface area contributed by atoms with Crippen molar-refractivity contribution in [1.29, 1.82) is 0 Å². The molecule has 0 aliphatic heterocycles. The number of thioether (sulfide) groups is 1. The number of hydrogen-bond acceptors (Lipinski definition) is 7. The molecule has 0 fully saturated rings. The molecule has 0 saturated carbocycles. The molecule has 2 N–H and O–H groups in total. The van der Waals surface area contributed by atoms with Crippen LogP contribution in [0.25, 0.3) is 0 Å². The lowest BCUT2D eigenvalue weighted by Gasteiger charge is -2.19. The van der Waals surface area contributed by atoms with Gasteiger partial charge in [0.2, 0.25) is 0 Å². The summed E-state index contributed by atoms with van der Waals surface area (Å²) in [5, 5.41) is 5.22. The van der Waals surface area contributed by atoms with Crippen molar-refractivity contribution < 1.29 is 28.7 Å². The largest absolute Gasteiger partial charge is 0.467 e. The topological polar surface area (TPSA) is 111 Å². The van der Waals surface area contributed by atoms with Gasteiger partial charge in [0.15, 0.2) is 12.6 Å². The normalized spacial score (nSPS) is 12.0. The van der Waals surface area contributed by atoms with Crippen LogP contribution in [0.2, 0.25) is 0 Å². The fraction of sp³-hybridized carbons (Fsp3) is 0.214. The molecule has 0 aromatic heterocycles. The summed E-state index contributed by atoms with van der Waals surface area (Å²) in [6.45, 7) is -0.625. The number of esters is 2. The molecule has 9 heteroatoms. The van der Waals surface area contributed by atoms with E-state index in [4.69, 9.17) is 9.47 Å². The minimum Gasteiger partial charge on any atom is -0.467 e. The third kappa shape index (κ3) is 8.80. The maximum Gasteiger partial charge on any atom is 0.333 e. The highest BCUT2D eigenvalue weighted by atomic mass is 32.2. The molecule has 0 saturated heterocycles. The van der Waals surface area contributed by atoms with Crippen LogP contribution in [0.15, 0.2) is 91.0 Å². The monoisotopic (exact) mass is 520 g/mol. The van der Waals surface area contributed by atoms with Crippen LogP contribution in [-0.2, 0) is 29.6 Å². The zero-order chi connectivity index (χ0) is 26.5. The highest BCUT2D eigenvalue weighted by molar-refractivity contribution is 7.98. The van der Waals surface area contributed by atoms with Gasteiger partial charge in [-0.1, -0.05) is 78.9 Å². The molecule has 192 valence electrons. The average molecular weight is 521 g/mol. The summed E-state index contributed by atoms with van der Waals surface area (Å²) < 4.78 is 10.0. The van der Waals surface area contributed by atoms with Gasteiger partial charge in [0, 0.05) is 17.1 Å². The Labute approximate surface area is 219 Å². The number of benzene rings is 3. The molecule has 0 aliphatic carbocycles. The van der Waals surface area contributed by atoms with Crippen LogP contribution in [-0.4, -0.2) is 49.3 Å². The van der Waals surface area contributed by atoms with E-state index in [1.54, 1.807) is 60.7 Å². The molecule has 0 unspecified atom stereocenters. The van der Waals surface area contributed by atoms with E-state index >= 15 is 0 Å². The second-order valence-corrected chi connectivity index (χ2v) is 8.97. The van der Waals surface area contributed by atoms with Gasteiger partial charge in [-0.2, -0.15) is 11.8 Å². The van der Waals surface area contributed by atoms with Crippen LogP contribution in [0.4, 0.5) is 0 Å². The van der Waals surface area contributed by atoms with Crippen LogP contribution < -0.4 is 10.6 Å². The van der Waals surface area contributed by atoms with Crippen LogP contribution in [0.5, 0.6) is 0 Å². The van der Waals surface area contributed by atoms with Crippen LogP contribution in [0, 0.1) is 0 Å². The Bertz CT molecular complexity index is 1180. The van der Waals surface area contributed by atoms with E-state index in [1.807, 2.05) is 30.3 Å². The summed E-state index contributed by atoms with van der Waals surface area (Å²) in [4.78, 5) is 50.3. The number of carbonyl (C=O) groups is 4. The lowest BCUT2D eigenvalue weighted by Crippen LogP contribution is -2.45. The van der Waals surface area contributed by atoms with Gasteiger partial charge in [-0.25, -0.2) is 9.59 Å². The summed E-state index contributed by atoms with van der Waals surface area (Å²) in [5.41, 5.74) is 1.96. The van der Waals surface area contributed by atoms with Gasteiger partial charge in [-0.05, 0) is 23.3 Å². The molecule has 3 aromatic carbocycles. The SMILES string of the molecule is COC(=O)[C@@H](CSCc1ccccc1)NC(=O)COC(=O)[C@H](NC(=O)c1ccccc1)c1ccccc1. The number of amides is 2. The van der Waals surface area contributed by atoms with Gasteiger partial charge in [0.1, 0.15) is 6.04 Å². The molecule has 0 spiro atoms. The first-order valence-corrected chi connectivity index (χ1v) is 12.7. The lowest BCUT2D eigenvalue weighted by molar-refractivity contribution is -0.151. The van der Waals surface area contributed by atoms with Crippen molar-refractivity contribution in [2.75, 3.05) is 19.5 Å². The summed E-state index contributed by atoms with van der Waals surface area (Å²) in [6.07, 6.45) is 0. The summed E-state index contributed by atoms with van der Waals surface area (Å²) in [5.74, 6) is -1.60. The van der Waals surface area contributed by atoms with Crippen molar-refractivity contribution in [3.63, 3.8) is 0 Å². The molecule has 2 amide bonds. The minimum atomic E-state index is -1.13. The molecule has 3 rings (SSSR count). The zero-order valence-electron chi connectivity index (χ0n) is 20.3. The highest BCUT2D eigenvalue weighted by Gasteiger charge is 2.27. The van der Waals surface area contributed by atoms with E-state index in [9.17, 15) is 19.2 Å². The van der Waals surface area contributed by atoms with Gasteiger partial charge in [0.25, 0.3) is 11.8 Å². The minimum absolute atomic E-state index is 0.279. The second kappa shape index (κ2) is 14.4. The smallest absolute Gasteiger partial charge is 0.333 e. The molecule has 37 heavy (non-hydrogen) atoms. The molecule has 2 atom stereocenters. The summed E-state index contributed by atoms with van der Waals surface area (Å²) in [6, 6.07) is 24.7. The third-order valence-corrected chi connectivity index (χ3v) is 6.35. The van der Waals surface area contributed by atoms with Crippen LogP contribution in [0.3, 0.4) is 0 Å². The van der Waals surface area contributed by atoms with Crippen LogP contribution in [0.1, 0.15) is 27.5 Å². The Kier molecular flexibility index (Phi) is 10.7. The first kappa shape index (κ1) is 27.5. The Morgan fingerprint density at radius 1 is 0.784 bits per heavy atom. The summed E-state index contributed by atoms with van der Waals surface area (Å²) in [7, 11) is 1.24. The van der Waals surface area contributed by atoms with Crippen molar-refractivity contribution in [3.8, 4) is 0 Å². The molecule has 0 radical (unpaired) electrons. The quantitative estimate of drug-likeness (QED) is 0.353. The first-order chi connectivity index (χ1) is 18.0. The first-order valence-electron chi connectivity index (χ1n) is 11.5. The molecule has 0 heterocycles. The van der Waals surface area contributed by atoms with E-state index in [-0.39, 0.29) is 5.75 Å². The highest BCUT2D eigenvalue weighted by Crippen LogP contribution is 2.16. The van der Waals surface area contributed by atoms with E-state index in [1.165, 1.54) is 18.9 Å². The number of ether oxygens (including phenoxy) is 2. The van der Waals surface area contributed by atoms with Crippen molar-refractivity contribution in [1.82, 2.24) is 10.6 Å². The average Bonchev–Trinajstić information content (AvgIpc) is 2.95. The van der Waals surface area contributed by atoms with Gasteiger partial charge < -0.3 is 20.1 Å². The van der Waals surface area contributed by atoms with Gasteiger partial charge >= 0.3 is 11.9 Å². The van der Waals surface area contributed by atoms with Crippen molar-refractivity contribution >= 4 is 35.5 Å². The van der Waals surface area contributed by atoms with Gasteiger partial charge in [-0.3, -0.25) is 9.59 Å². The van der Waals surface area contributed by atoms with Crippen LogP contribution >= 0.6 is 11.8 Å². The maximum absolute atomic E-state index is 12.9. The van der Waals surface area contributed by atoms with E-state index in [0.717, 1.165) is 5.56 Å². The standard InChI is InChI=1S/C28H28N2O6S/c1-35-27(33)23(19-37-18-20-11-5-2-6-12-20)29-24(31)17-36-28(34)25(21-13-7-3-8-14-21)30-26(32)22-15-9-4-10-16-22/h2-16,23,25H,17-19H2,1H3,(H,29,31)(H,30,32)/t23-,25-/m1/s1. The maximum atomic E-state index is 12.9.